The summed E-state index contributed by atoms with van der Waals surface area (Å²) in [5.74, 6) is -0.274. The van der Waals surface area contributed by atoms with Gasteiger partial charge in [0.25, 0.3) is 0 Å². The fourth-order valence-corrected chi connectivity index (χ4v) is 2.64. The molecule has 27 heavy (non-hydrogen) atoms. The molecule has 0 aliphatic carbocycles. The fourth-order valence-electron chi connectivity index (χ4n) is 2.64. The van der Waals surface area contributed by atoms with E-state index in [2.05, 4.69) is 15.4 Å². The minimum absolute atomic E-state index is 0.232. The molecule has 0 saturated carbocycles. The predicted molar refractivity (Wildman–Crippen MR) is 94.4 cm³/mol. The van der Waals surface area contributed by atoms with Crippen molar-refractivity contribution in [1.82, 2.24) is 20.4 Å². The molecule has 0 radical (unpaired) electrons. The van der Waals surface area contributed by atoms with Crippen LogP contribution in [0.1, 0.15) is 26.2 Å². The van der Waals surface area contributed by atoms with Crippen LogP contribution in [0, 0.1) is 0 Å². The van der Waals surface area contributed by atoms with Crippen LogP contribution in [0.2, 0.25) is 0 Å². The molecular formula is C16H28N4O7. The van der Waals surface area contributed by atoms with E-state index in [-0.39, 0.29) is 32.1 Å². The second-order valence-corrected chi connectivity index (χ2v) is 5.93. The lowest BCUT2D eigenvalue weighted by molar-refractivity contribution is -0.135. The Balaban J connectivity index is 2.48. The lowest BCUT2D eigenvalue weighted by Gasteiger charge is -2.35. The Bertz CT molecular complexity index is 521. The maximum Gasteiger partial charge on any atom is 0.407 e. The highest BCUT2D eigenvalue weighted by Gasteiger charge is 2.29. The monoisotopic (exact) mass is 388 g/mol. The van der Waals surface area contributed by atoms with Crippen molar-refractivity contribution in [3.63, 3.8) is 0 Å². The zero-order valence-electron chi connectivity index (χ0n) is 15.7. The molecule has 11 heteroatoms. The van der Waals surface area contributed by atoms with Crippen LogP contribution in [-0.4, -0.2) is 91.6 Å². The van der Waals surface area contributed by atoms with E-state index in [4.69, 9.17) is 9.84 Å². The summed E-state index contributed by atoms with van der Waals surface area (Å²) in [5.41, 5.74) is 0. The van der Waals surface area contributed by atoms with Gasteiger partial charge in [-0.1, -0.05) is 0 Å². The molecular weight excluding hydrogens is 360 g/mol. The standard InChI is InChI=1S/C16H28N4O7/c1-3-27-14(22)17-7-5-4-6-12(18-15(23)26-2)13(21)19-8-10-20(11-9-19)16(24)25/h12H,3-11H2,1-2H3,(H,17,22)(H,18,23)(H,24,25). The van der Waals surface area contributed by atoms with Gasteiger partial charge in [0.1, 0.15) is 6.04 Å². The molecule has 11 nitrogen and oxygen atoms in total. The first kappa shape index (κ1) is 22.3. The molecule has 1 unspecified atom stereocenters. The fraction of sp³-hybridized carbons (Fsp3) is 0.750. The lowest BCUT2D eigenvalue weighted by atomic mass is 10.1. The molecule has 0 spiro atoms. The maximum absolute atomic E-state index is 12.7. The van der Waals surface area contributed by atoms with Gasteiger partial charge in [-0.2, -0.15) is 0 Å². The summed E-state index contributed by atoms with van der Waals surface area (Å²) in [4.78, 5) is 49.2. The van der Waals surface area contributed by atoms with Crippen LogP contribution in [0.3, 0.4) is 0 Å². The van der Waals surface area contributed by atoms with E-state index < -0.39 is 24.3 Å². The molecule has 1 aliphatic rings. The Labute approximate surface area is 157 Å². The zero-order chi connectivity index (χ0) is 20.2. The molecule has 154 valence electrons. The number of hydrogen-bond acceptors (Lipinski definition) is 6. The number of amides is 4. The van der Waals surface area contributed by atoms with Gasteiger partial charge in [0.2, 0.25) is 5.91 Å². The SMILES string of the molecule is CCOC(=O)NCCCCC(NC(=O)OC)C(=O)N1CCN(C(=O)O)CC1. The van der Waals surface area contributed by atoms with Gasteiger partial charge in [-0.15, -0.1) is 0 Å². The van der Waals surface area contributed by atoms with Crippen LogP contribution in [0.4, 0.5) is 14.4 Å². The van der Waals surface area contributed by atoms with Gasteiger partial charge in [-0.25, -0.2) is 14.4 Å². The highest BCUT2D eigenvalue weighted by molar-refractivity contribution is 5.85. The van der Waals surface area contributed by atoms with Crippen molar-refractivity contribution in [2.45, 2.75) is 32.2 Å². The number of hydrogen-bond donors (Lipinski definition) is 3. The number of ether oxygens (including phenoxy) is 2. The van der Waals surface area contributed by atoms with Crippen molar-refractivity contribution < 1.29 is 33.8 Å². The number of piperazine rings is 1. The van der Waals surface area contributed by atoms with Crippen LogP contribution in [0.15, 0.2) is 0 Å². The number of carbonyl (C=O) groups excluding carboxylic acids is 3. The highest BCUT2D eigenvalue weighted by atomic mass is 16.5. The molecule has 0 bridgehead atoms. The summed E-state index contributed by atoms with van der Waals surface area (Å²) in [7, 11) is 1.21. The third kappa shape index (κ3) is 8.01. The van der Waals surface area contributed by atoms with E-state index >= 15 is 0 Å². The van der Waals surface area contributed by atoms with E-state index in [0.717, 1.165) is 0 Å². The Morgan fingerprint density at radius 3 is 2.22 bits per heavy atom. The molecule has 4 amide bonds. The lowest BCUT2D eigenvalue weighted by Crippen LogP contribution is -2.55. The van der Waals surface area contributed by atoms with Gasteiger partial charge in [-0.3, -0.25) is 4.79 Å². The van der Waals surface area contributed by atoms with Gasteiger partial charge in [0.15, 0.2) is 0 Å². The van der Waals surface area contributed by atoms with E-state index in [1.807, 2.05) is 0 Å². The maximum atomic E-state index is 12.7. The van der Waals surface area contributed by atoms with Gasteiger partial charge in [0.05, 0.1) is 13.7 Å². The molecule has 1 aliphatic heterocycles. The van der Waals surface area contributed by atoms with Crippen molar-refractivity contribution >= 4 is 24.2 Å². The van der Waals surface area contributed by atoms with Crippen LogP contribution in [0.5, 0.6) is 0 Å². The number of nitrogens with one attached hydrogen (secondary N) is 2. The van der Waals surface area contributed by atoms with Crippen LogP contribution in [-0.2, 0) is 14.3 Å². The number of unbranched alkanes of at least 4 members (excludes halogenated alkanes) is 1. The zero-order valence-corrected chi connectivity index (χ0v) is 15.7. The summed E-state index contributed by atoms with van der Waals surface area (Å²) in [6.45, 7) is 3.41. The Hall–Kier alpha value is -2.72. The van der Waals surface area contributed by atoms with E-state index in [1.165, 1.54) is 16.9 Å². The topological polar surface area (TPSA) is 138 Å². The second-order valence-electron chi connectivity index (χ2n) is 5.93. The van der Waals surface area contributed by atoms with Crippen molar-refractivity contribution in [1.29, 1.82) is 0 Å². The molecule has 0 aromatic carbocycles. The van der Waals surface area contributed by atoms with Crippen LogP contribution in [0.25, 0.3) is 0 Å². The number of rotatable bonds is 8. The molecule has 0 aromatic rings. The van der Waals surface area contributed by atoms with E-state index in [1.54, 1.807) is 6.92 Å². The summed E-state index contributed by atoms with van der Waals surface area (Å²) in [5, 5.41) is 14.1. The Kier molecular flexibility index (Phi) is 9.76. The van der Waals surface area contributed by atoms with Crippen molar-refractivity contribution in [3.8, 4) is 0 Å². The van der Waals surface area contributed by atoms with Crippen LogP contribution < -0.4 is 10.6 Å². The third-order valence-electron chi connectivity index (χ3n) is 4.10. The minimum atomic E-state index is -1.01. The molecule has 1 saturated heterocycles. The number of methoxy groups -OCH3 is 1. The average molecular weight is 388 g/mol. The summed E-state index contributed by atoms with van der Waals surface area (Å²) >= 11 is 0. The summed E-state index contributed by atoms with van der Waals surface area (Å²) in [6, 6.07) is -0.767. The molecule has 0 aromatic heterocycles. The van der Waals surface area contributed by atoms with Crippen molar-refractivity contribution in [3.05, 3.63) is 0 Å². The molecule has 1 atom stereocenters. The Morgan fingerprint density at radius 2 is 1.67 bits per heavy atom. The molecule has 1 fully saturated rings. The quantitative estimate of drug-likeness (QED) is 0.513. The van der Waals surface area contributed by atoms with Gasteiger partial charge >= 0.3 is 18.3 Å². The Morgan fingerprint density at radius 1 is 1.04 bits per heavy atom. The molecule has 3 N–H and O–H groups in total. The smallest absolute Gasteiger partial charge is 0.407 e. The number of nitrogens with zero attached hydrogens (tertiary/aromatic N) is 2. The normalized spacial score (nSPS) is 14.9. The van der Waals surface area contributed by atoms with Crippen molar-refractivity contribution in [2.75, 3.05) is 46.4 Å². The third-order valence-corrected chi connectivity index (χ3v) is 4.10. The minimum Gasteiger partial charge on any atom is -0.465 e. The predicted octanol–water partition coefficient (Wildman–Crippen LogP) is 0.450. The number of carbonyl (C=O) groups is 4. The van der Waals surface area contributed by atoms with Crippen LogP contribution >= 0.6 is 0 Å². The largest absolute Gasteiger partial charge is 0.465 e. The summed E-state index contributed by atoms with van der Waals surface area (Å²) < 4.78 is 9.32. The first-order chi connectivity index (χ1) is 12.9. The second kappa shape index (κ2) is 11.8. The van der Waals surface area contributed by atoms with Gasteiger partial charge in [0, 0.05) is 32.7 Å². The molecule has 1 heterocycles. The number of carboxylic acid groups (broad SMARTS) is 1. The van der Waals surface area contributed by atoms with E-state index in [9.17, 15) is 19.2 Å². The first-order valence-electron chi connectivity index (χ1n) is 8.90. The summed E-state index contributed by atoms with van der Waals surface area (Å²) in [6.07, 6.45) is -0.644. The molecule has 1 rings (SSSR count). The highest BCUT2D eigenvalue weighted by Crippen LogP contribution is 2.09. The average Bonchev–Trinajstić information content (AvgIpc) is 2.66. The number of alkyl carbamates (subject to hydrolysis) is 2. The van der Waals surface area contributed by atoms with Gasteiger partial charge in [-0.05, 0) is 26.2 Å². The van der Waals surface area contributed by atoms with E-state index in [0.29, 0.717) is 32.4 Å². The first-order valence-corrected chi connectivity index (χ1v) is 8.90. The van der Waals surface area contributed by atoms with Crippen molar-refractivity contribution in [2.24, 2.45) is 0 Å². The van der Waals surface area contributed by atoms with Gasteiger partial charge < -0.3 is 35.0 Å².